The van der Waals surface area contributed by atoms with Gasteiger partial charge in [0, 0.05) is 24.1 Å². The summed E-state index contributed by atoms with van der Waals surface area (Å²) in [4.78, 5) is 12.2. The van der Waals surface area contributed by atoms with Crippen molar-refractivity contribution in [2.75, 3.05) is 5.32 Å². The molecule has 2 aromatic rings. The lowest BCUT2D eigenvalue weighted by Gasteiger charge is -2.10. The van der Waals surface area contributed by atoms with Crippen LogP contribution >= 0.6 is 0 Å². The van der Waals surface area contributed by atoms with E-state index in [0.717, 1.165) is 24.1 Å². The van der Waals surface area contributed by atoms with Gasteiger partial charge in [-0.05, 0) is 48.7 Å². The molecular formula is C26H37NO3. The number of carbonyl (C=O) groups is 1. The largest absolute Gasteiger partial charge is 0.508 e. The van der Waals surface area contributed by atoms with Crippen molar-refractivity contribution in [2.45, 2.75) is 84.5 Å². The van der Waals surface area contributed by atoms with Crippen molar-refractivity contribution in [3.8, 4) is 11.5 Å². The summed E-state index contributed by atoms with van der Waals surface area (Å²) >= 11 is 0. The Morgan fingerprint density at radius 1 is 0.867 bits per heavy atom. The molecule has 4 heteroatoms. The van der Waals surface area contributed by atoms with Gasteiger partial charge in [-0.1, -0.05) is 70.4 Å². The van der Waals surface area contributed by atoms with Crippen molar-refractivity contribution < 1.29 is 15.0 Å². The van der Waals surface area contributed by atoms with Crippen LogP contribution in [0.2, 0.25) is 0 Å². The van der Waals surface area contributed by atoms with E-state index in [4.69, 9.17) is 0 Å². The molecule has 0 saturated heterocycles. The molecule has 2 aromatic carbocycles. The van der Waals surface area contributed by atoms with Crippen LogP contribution < -0.4 is 5.32 Å². The minimum absolute atomic E-state index is 0.0472. The Hall–Kier alpha value is -2.49. The number of carbonyl (C=O) groups excluding carboxylic acids is 1. The number of aryl methyl sites for hydroxylation is 1. The van der Waals surface area contributed by atoms with Crippen LogP contribution in [0.5, 0.6) is 11.5 Å². The van der Waals surface area contributed by atoms with E-state index >= 15 is 0 Å². The lowest BCUT2D eigenvalue weighted by atomic mass is 10.0. The molecule has 0 spiro atoms. The van der Waals surface area contributed by atoms with Gasteiger partial charge in [0.2, 0.25) is 5.91 Å². The zero-order valence-corrected chi connectivity index (χ0v) is 18.5. The Morgan fingerprint density at radius 2 is 1.53 bits per heavy atom. The fourth-order valence-electron chi connectivity index (χ4n) is 3.66. The van der Waals surface area contributed by atoms with Crippen molar-refractivity contribution in [1.82, 2.24) is 0 Å². The molecule has 1 amide bonds. The highest BCUT2D eigenvalue weighted by Gasteiger charge is 2.08. The second-order valence-electron chi connectivity index (χ2n) is 8.27. The summed E-state index contributed by atoms with van der Waals surface area (Å²) < 4.78 is 0. The van der Waals surface area contributed by atoms with Gasteiger partial charge in [-0.15, -0.1) is 0 Å². The number of anilines is 1. The van der Waals surface area contributed by atoms with Crippen LogP contribution in [0.25, 0.3) is 0 Å². The van der Waals surface area contributed by atoms with Crippen LogP contribution in [0.4, 0.5) is 5.69 Å². The molecule has 0 bridgehead atoms. The molecule has 30 heavy (non-hydrogen) atoms. The van der Waals surface area contributed by atoms with E-state index in [9.17, 15) is 15.0 Å². The second-order valence-corrected chi connectivity index (χ2v) is 8.27. The molecule has 3 N–H and O–H groups in total. The summed E-state index contributed by atoms with van der Waals surface area (Å²) in [5.74, 6) is 0.393. The van der Waals surface area contributed by atoms with Crippen molar-refractivity contribution in [3.63, 3.8) is 0 Å². The standard InChI is InChI=1S/C26H37NO3/c1-3-4-5-6-7-8-9-10-11-15-26(30)27-23-14-12-13-21(18-23)17-22-19-24(28)20(2)16-25(22)29/h12-14,16,18-19,28-29H,3-11,15,17H2,1-2H3,(H,27,30). The van der Waals surface area contributed by atoms with Crippen molar-refractivity contribution >= 4 is 11.6 Å². The maximum absolute atomic E-state index is 12.2. The third kappa shape index (κ3) is 8.48. The highest BCUT2D eigenvalue weighted by molar-refractivity contribution is 5.90. The molecule has 0 atom stereocenters. The molecule has 0 radical (unpaired) electrons. The fourth-order valence-corrected chi connectivity index (χ4v) is 3.66. The zero-order chi connectivity index (χ0) is 21.8. The van der Waals surface area contributed by atoms with Crippen LogP contribution in [-0.4, -0.2) is 16.1 Å². The van der Waals surface area contributed by atoms with E-state index in [2.05, 4.69) is 12.2 Å². The maximum Gasteiger partial charge on any atom is 0.224 e. The monoisotopic (exact) mass is 411 g/mol. The lowest BCUT2D eigenvalue weighted by Crippen LogP contribution is -2.11. The highest BCUT2D eigenvalue weighted by Crippen LogP contribution is 2.29. The average Bonchev–Trinajstić information content (AvgIpc) is 2.71. The number of rotatable bonds is 13. The van der Waals surface area contributed by atoms with Crippen molar-refractivity contribution in [1.29, 1.82) is 0 Å². The van der Waals surface area contributed by atoms with Gasteiger partial charge in [0.25, 0.3) is 0 Å². The third-order valence-electron chi connectivity index (χ3n) is 5.51. The van der Waals surface area contributed by atoms with Gasteiger partial charge in [-0.25, -0.2) is 0 Å². The third-order valence-corrected chi connectivity index (χ3v) is 5.51. The number of hydrogen-bond acceptors (Lipinski definition) is 3. The fraction of sp³-hybridized carbons (Fsp3) is 0.500. The minimum Gasteiger partial charge on any atom is -0.508 e. The molecule has 0 aliphatic rings. The SMILES string of the molecule is CCCCCCCCCCCC(=O)Nc1cccc(Cc2cc(O)c(C)cc2O)c1. The first kappa shape index (κ1) is 23.8. The molecule has 0 heterocycles. The first-order chi connectivity index (χ1) is 14.5. The number of benzene rings is 2. The molecule has 0 aromatic heterocycles. The molecule has 0 aliphatic carbocycles. The van der Waals surface area contributed by atoms with Gasteiger partial charge in [0.05, 0.1) is 0 Å². The van der Waals surface area contributed by atoms with Gasteiger partial charge in [-0.2, -0.15) is 0 Å². The van der Waals surface area contributed by atoms with Gasteiger partial charge in [0.15, 0.2) is 0 Å². The van der Waals surface area contributed by atoms with Gasteiger partial charge >= 0.3 is 0 Å². The normalized spacial score (nSPS) is 10.9. The van der Waals surface area contributed by atoms with Crippen LogP contribution in [0.15, 0.2) is 36.4 Å². The minimum atomic E-state index is 0.0472. The summed E-state index contributed by atoms with van der Waals surface area (Å²) in [6, 6.07) is 10.8. The number of amides is 1. The van der Waals surface area contributed by atoms with Crippen LogP contribution in [-0.2, 0) is 11.2 Å². The van der Waals surface area contributed by atoms with E-state index in [0.29, 0.717) is 24.0 Å². The first-order valence-corrected chi connectivity index (χ1v) is 11.4. The van der Waals surface area contributed by atoms with Crippen molar-refractivity contribution in [2.24, 2.45) is 0 Å². The van der Waals surface area contributed by atoms with Crippen LogP contribution in [0.3, 0.4) is 0 Å². The number of nitrogens with one attached hydrogen (secondary N) is 1. The number of phenols is 2. The topological polar surface area (TPSA) is 69.6 Å². The molecule has 4 nitrogen and oxygen atoms in total. The molecule has 2 rings (SSSR count). The van der Waals surface area contributed by atoms with Crippen LogP contribution in [0, 0.1) is 6.92 Å². The molecule has 0 unspecified atom stereocenters. The van der Waals surface area contributed by atoms with Crippen LogP contribution in [0.1, 0.15) is 87.8 Å². The molecule has 0 aliphatic heterocycles. The van der Waals surface area contributed by atoms with E-state index in [1.165, 1.54) is 44.9 Å². The Bertz CT molecular complexity index is 801. The Morgan fingerprint density at radius 3 is 2.23 bits per heavy atom. The molecule has 164 valence electrons. The molecule has 0 saturated carbocycles. The number of hydrogen-bond donors (Lipinski definition) is 3. The quantitative estimate of drug-likeness (QED) is 0.249. The Balaban J connectivity index is 1.73. The van der Waals surface area contributed by atoms with Crippen molar-refractivity contribution in [3.05, 3.63) is 53.1 Å². The predicted octanol–water partition coefficient (Wildman–Crippen LogP) is 6.86. The number of unbranched alkanes of at least 4 members (excludes halogenated alkanes) is 8. The summed E-state index contributed by atoms with van der Waals surface area (Å²) in [6.07, 6.45) is 12.2. The molecule has 0 fully saturated rings. The second kappa shape index (κ2) is 12.9. The van der Waals surface area contributed by atoms with E-state index in [-0.39, 0.29) is 17.4 Å². The van der Waals surface area contributed by atoms with E-state index < -0.39 is 0 Å². The van der Waals surface area contributed by atoms with Gasteiger partial charge < -0.3 is 15.5 Å². The van der Waals surface area contributed by atoms with E-state index in [1.54, 1.807) is 19.1 Å². The zero-order valence-electron chi connectivity index (χ0n) is 18.5. The highest BCUT2D eigenvalue weighted by atomic mass is 16.3. The number of aromatic hydroxyl groups is 2. The maximum atomic E-state index is 12.2. The summed E-state index contributed by atoms with van der Waals surface area (Å²) in [6.45, 7) is 3.99. The predicted molar refractivity (Wildman–Crippen MR) is 124 cm³/mol. The summed E-state index contributed by atoms with van der Waals surface area (Å²) in [5, 5.41) is 23.0. The summed E-state index contributed by atoms with van der Waals surface area (Å²) in [7, 11) is 0. The lowest BCUT2D eigenvalue weighted by molar-refractivity contribution is -0.116. The van der Waals surface area contributed by atoms with Gasteiger partial charge in [-0.3, -0.25) is 4.79 Å². The van der Waals surface area contributed by atoms with Gasteiger partial charge in [0.1, 0.15) is 11.5 Å². The molecular weight excluding hydrogens is 374 g/mol. The average molecular weight is 412 g/mol. The smallest absolute Gasteiger partial charge is 0.224 e. The number of phenolic OH excluding ortho intramolecular Hbond substituents is 2. The summed E-state index contributed by atoms with van der Waals surface area (Å²) in [5.41, 5.74) is 3.05. The Kier molecular flexibility index (Phi) is 10.3. The Labute approximate surface area is 181 Å². The van der Waals surface area contributed by atoms with E-state index in [1.807, 2.05) is 24.3 Å². The first-order valence-electron chi connectivity index (χ1n) is 11.4.